The highest BCUT2D eigenvalue weighted by molar-refractivity contribution is 5.76. The first-order chi connectivity index (χ1) is 43.3. The number of hydrogen-bond acceptors (Lipinski definition) is 8. The van der Waals surface area contributed by atoms with Gasteiger partial charge in [-0.05, 0) is 83.5 Å². The Morgan fingerprint density at radius 1 is 0.386 bits per heavy atom. The first-order valence-corrected chi connectivity index (χ1v) is 38.2. The number of ether oxygens (including phenoxy) is 2. The molecule has 0 aromatic carbocycles. The second-order valence-corrected chi connectivity index (χ2v) is 26.4. The normalized spacial score (nSPS) is 18.3. The van der Waals surface area contributed by atoms with Crippen molar-refractivity contribution < 1.29 is 39.8 Å². The van der Waals surface area contributed by atoms with Crippen molar-refractivity contribution in [2.75, 3.05) is 13.2 Å². The molecule has 514 valence electrons. The van der Waals surface area contributed by atoms with Crippen molar-refractivity contribution in [1.82, 2.24) is 5.32 Å². The fourth-order valence-corrected chi connectivity index (χ4v) is 12.0. The minimum Gasteiger partial charge on any atom is -0.394 e. The molecule has 1 amide bonds. The van der Waals surface area contributed by atoms with Crippen LogP contribution >= 0.6 is 0 Å². The quantitative estimate of drug-likeness (QED) is 0.0261. The summed E-state index contributed by atoms with van der Waals surface area (Å²) in [6, 6.07) is -0.832. The Balaban J connectivity index is 2.11. The van der Waals surface area contributed by atoms with Crippen molar-refractivity contribution in [1.29, 1.82) is 0 Å². The van der Waals surface area contributed by atoms with Crippen molar-refractivity contribution in [2.45, 2.75) is 410 Å². The smallest absolute Gasteiger partial charge is 0.220 e. The predicted octanol–water partition coefficient (Wildman–Crippen LogP) is 21.5. The maximum Gasteiger partial charge on any atom is 0.220 e. The van der Waals surface area contributed by atoms with Crippen LogP contribution in [-0.4, -0.2) is 87.5 Å². The number of carbonyl (C=O) groups excluding carboxylic acids is 1. The van der Waals surface area contributed by atoms with E-state index in [0.717, 1.165) is 57.8 Å². The molecule has 7 unspecified atom stereocenters. The van der Waals surface area contributed by atoms with Gasteiger partial charge in [-0.25, -0.2) is 0 Å². The maximum absolute atomic E-state index is 13.1. The lowest BCUT2D eigenvalue weighted by Gasteiger charge is -2.40. The van der Waals surface area contributed by atoms with Gasteiger partial charge in [0.25, 0.3) is 0 Å². The highest BCUT2D eigenvalue weighted by Crippen LogP contribution is 2.23. The van der Waals surface area contributed by atoms with Crippen LogP contribution in [0.4, 0.5) is 0 Å². The monoisotopic (exact) mass is 1240 g/mol. The SMILES string of the molecule is CCCCCCC/C=C\C/C=C\C/C=C\CCCCCCCCCCCCCCCCCCCCCCCCC(=O)NC(COC1OC(CO)C(O)C(O)C1O)C(O)/C=C/CC/C=C/CC/C=C/CCCCCCCCCCCCCCCCCCCC. The summed E-state index contributed by atoms with van der Waals surface area (Å²) in [5, 5.41) is 54.8. The van der Waals surface area contributed by atoms with Crippen LogP contribution in [0.15, 0.2) is 72.9 Å². The van der Waals surface area contributed by atoms with Crippen molar-refractivity contribution >= 4 is 5.91 Å². The van der Waals surface area contributed by atoms with E-state index < -0.39 is 49.5 Å². The van der Waals surface area contributed by atoms with Gasteiger partial charge in [-0.1, -0.05) is 350 Å². The van der Waals surface area contributed by atoms with Gasteiger partial charge < -0.3 is 40.3 Å². The second-order valence-electron chi connectivity index (χ2n) is 26.4. The molecule has 1 aliphatic heterocycles. The highest BCUT2D eigenvalue weighted by atomic mass is 16.7. The Kier molecular flexibility index (Phi) is 64.2. The molecule has 9 nitrogen and oxygen atoms in total. The second kappa shape index (κ2) is 67.5. The molecule has 0 aromatic rings. The van der Waals surface area contributed by atoms with Crippen LogP contribution in [0.25, 0.3) is 0 Å². The number of aliphatic hydroxyl groups excluding tert-OH is 5. The molecule has 6 N–H and O–H groups in total. The zero-order valence-electron chi connectivity index (χ0n) is 57.7. The molecule has 7 atom stereocenters. The summed E-state index contributed by atoms with van der Waals surface area (Å²) in [4.78, 5) is 13.1. The molecule has 0 radical (unpaired) electrons. The summed E-state index contributed by atoms with van der Waals surface area (Å²) >= 11 is 0. The Bertz CT molecular complexity index is 1620. The summed E-state index contributed by atoms with van der Waals surface area (Å²) in [7, 11) is 0. The summed E-state index contributed by atoms with van der Waals surface area (Å²) in [6.07, 6.45) is 89.0. The number of aliphatic hydroxyl groups is 5. The standard InChI is InChI=1S/C79H145NO8/c1-3-5-7-9-11-13-15-17-19-21-23-25-27-29-31-33-34-35-36-37-38-39-40-41-43-45-47-49-51-53-55-57-59-61-63-65-67-69-75(83)80-72(71-87-79-78(86)77(85)76(84)74(70-81)88-79)73(82)68-66-64-62-60-58-56-54-52-50-48-46-44-42-32-30-28-26-24-22-20-18-16-14-12-10-8-6-4-2/h15,17,21,23,27,29,50,52,58,60,66,68,72-74,76-79,81-82,84-86H,3-14,16,18-20,22,24-26,28,30-49,51,53-57,59,61-65,67,69-71H2,1-2H3,(H,80,83)/b17-15-,23-21-,29-27-,52-50+,60-58+,68-66+. The molecule has 9 heteroatoms. The van der Waals surface area contributed by atoms with Gasteiger partial charge in [-0.15, -0.1) is 0 Å². The number of unbranched alkanes of at least 4 members (excludes halogenated alkanes) is 47. The van der Waals surface area contributed by atoms with Crippen LogP contribution in [-0.2, 0) is 14.3 Å². The average molecular weight is 1240 g/mol. The molecule has 1 rings (SSSR count). The van der Waals surface area contributed by atoms with Gasteiger partial charge in [0.05, 0.1) is 25.4 Å². The van der Waals surface area contributed by atoms with Crippen LogP contribution in [0.2, 0.25) is 0 Å². The lowest BCUT2D eigenvalue weighted by molar-refractivity contribution is -0.302. The lowest BCUT2D eigenvalue weighted by Crippen LogP contribution is -2.60. The van der Waals surface area contributed by atoms with Crippen molar-refractivity contribution in [3.05, 3.63) is 72.9 Å². The Labute approximate surface area is 544 Å². The summed E-state index contributed by atoms with van der Waals surface area (Å²) < 4.78 is 11.3. The summed E-state index contributed by atoms with van der Waals surface area (Å²) in [5.41, 5.74) is 0. The fraction of sp³-hybridized carbons (Fsp3) is 0.835. The number of allylic oxidation sites excluding steroid dienone is 11. The third kappa shape index (κ3) is 55.3. The molecule has 1 saturated heterocycles. The number of nitrogens with one attached hydrogen (secondary N) is 1. The number of hydrogen-bond donors (Lipinski definition) is 6. The van der Waals surface area contributed by atoms with E-state index >= 15 is 0 Å². The minimum absolute atomic E-state index is 0.185. The largest absolute Gasteiger partial charge is 0.394 e. The molecule has 1 fully saturated rings. The molecular weight excluding hydrogens is 1090 g/mol. The molecule has 88 heavy (non-hydrogen) atoms. The number of carbonyl (C=O) groups is 1. The Hall–Kier alpha value is -2.37. The average Bonchev–Trinajstić information content (AvgIpc) is 3.29. The van der Waals surface area contributed by atoms with Gasteiger partial charge in [0.2, 0.25) is 5.91 Å². The zero-order chi connectivity index (χ0) is 63.5. The number of amides is 1. The van der Waals surface area contributed by atoms with E-state index in [4.69, 9.17) is 9.47 Å². The molecule has 0 aliphatic carbocycles. The van der Waals surface area contributed by atoms with Crippen LogP contribution in [0.3, 0.4) is 0 Å². The van der Waals surface area contributed by atoms with Gasteiger partial charge in [-0.3, -0.25) is 4.79 Å². The van der Waals surface area contributed by atoms with Crippen LogP contribution in [0, 0.1) is 0 Å². The van der Waals surface area contributed by atoms with E-state index in [9.17, 15) is 30.3 Å². The van der Waals surface area contributed by atoms with Crippen molar-refractivity contribution in [3.63, 3.8) is 0 Å². The third-order valence-electron chi connectivity index (χ3n) is 18.0. The Morgan fingerprint density at radius 3 is 1.03 bits per heavy atom. The van der Waals surface area contributed by atoms with E-state index in [1.165, 1.54) is 289 Å². The molecule has 1 heterocycles. The lowest BCUT2D eigenvalue weighted by atomic mass is 9.99. The van der Waals surface area contributed by atoms with E-state index in [1.54, 1.807) is 6.08 Å². The van der Waals surface area contributed by atoms with E-state index in [2.05, 4.69) is 79.9 Å². The molecule has 1 aliphatic rings. The predicted molar refractivity (Wildman–Crippen MR) is 378 cm³/mol. The van der Waals surface area contributed by atoms with Crippen LogP contribution < -0.4 is 5.32 Å². The first kappa shape index (κ1) is 83.6. The number of rotatable bonds is 67. The zero-order valence-corrected chi connectivity index (χ0v) is 57.7. The van der Waals surface area contributed by atoms with Crippen molar-refractivity contribution in [3.8, 4) is 0 Å². The van der Waals surface area contributed by atoms with Gasteiger partial charge in [0.1, 0.15) is 24.4 Å². The first-order valence-electron chi connectivity index (χ1n) is 38.2. The third-order valence-corrected chi connectivity index (χ3v) is 18.0. The van der Waals surface area contributed by atoms with Crippen molar-refractivity contribution in [2.24, 2.45) is 0 Å². The van der Waals surface area contributed by atoms with E-state index in [1.807, 2.05) is 6.08 Å². The fourth-order valence-electron chi connectivity index (χ4n) is 12.0. The minimum atomic E-state index is -1.58. The Morgan fingerprint density at radius 2 is 0.682 bits per heavy atom. The maximum atomic E-state index is 13.1. The van der Waals surface area contributed by atoms with Gasteiger partial charge in [-0.2, -0.15) is 0 Å². The van der Waals surface area contributed by atoms with E-state index in [-0.39, 0.29) is 12.5 Å². The molecule has 0 bridgehead atoms. The summed E-state index contributed by atoms with van der Waals surface area (Å²) in [6.45, 7) is 3.79. The highest BCUT2D eigenvalue weighted by Gasteiger charge is 2.44. The van der Waals surface area contributed by atoms with Gasteiger partial charge in [0, 0.05) is 6.42 Å². The van der Waals surface area contributed by atoms with Crippen LogP contribution in [0.1, 0.15) is 367 Å². The van der Waals surface area contributed by atoms with E-state index in [0.29, 0.717) is 6.42 Å². The molecular formula is C79H145NO8. The molecule has 0 aromatic heterocycles. The molecule has 0 spiro atoms. The van der Waals surface area contributed by atoms with Gasteiger partial charge >= 0.3 is 0 Å². The summed E-state index contributed by atoms with van der Waals surface area (Å²) in [5.74, 6) is -0.185. The van der Waals surface area contributed by atoms with Crippen LogP contribution in [0.5, 0.6) is 0 Å². The topological polar surface area (TPSA) is 149 Å². The molecule has 0 saturated carbocycles. The van der Waals surface area contributed by atoms with Gasteiger partial charge in [0.15, 0.2) is 6.29 Å².